The normalized spacial score (nSPS) is 20.1. The van der Waals surface area contributed by atoms with Crippen molar-refractivity contribution in [2.24, 2.45) is 5.73 Å². The van der Waals surface area contributed by atoms with Crippen molar-refractivity contribution in [1.29, 1.82) is 0 Å². The lowest BCUT2D eigenvalue weighted by Crippen LogP contribution is -2.65. The first-order valence-corrected chi connectivity index (χ1v) is 5.89. The molecule has 5 N–H and O–H groups in total. The molecule has 1 atom stereocenters. The monoisotopic (exact) mass is 257 g/mol. The van der Waals surface area contributed by atoms with Crippen LogP contribution in [0, 0.1) is 0 Å². The molecule has 18 heavy (non-hydrogen) atoms. The third-order valence-electron chi connectivity index (χ3n) is 3.61. The van der Waals surface area contributed by atoms with Crippen LogP contribution in [0.1, 0.15) is 39.5 Å². The van der Waals surface area contributed by atoms with Gasteiger partial charge in [0.2, 0.25) is 5.91 Å². The highest BCUT2D eigenvalue weighted by Crippen LogP contribution is 2.32. The van der Waals surface area contributed by atoms with E-state index in [9.17, 15) is 14.4 Å². The largest absolute Gasteiger partial charge is 0.480 e. The fraction of sp³-hybridized carbons (Fsp3) is 0.727. The van der Waals surface area contributed by atoms with Crippen molar-refractivity contribution < 1.29 is 19.5 Å². The molecule has 1 aliphatic rings. The van der Waals surface area contributed by atoms with Gasteiger partial charge in [0.1, 0.15) is 11.1 Å². The molecule has 1 unspecified atom stereocenters. The standard InChI is InChI=1S/C11H19N3O4/c1-3-10(2,7(12)15)13-9(18)14-11(8(16)17)5-4-6-11/h3-6H2,1-2H3,(H2,12,15)(H,16,17)(H2,13,14,18). The van der Waals surface area contributed by atoms with Crippen molar-refractivity contribution in [3.05, 3.63) is 0 Å². The van der Waals surface area contributed by atoms with E-state index in [1.807, 2.05) is 0 Å². The number of amides is 3. The second-order valence-corrected chi connectivity index (χ2v) is 4.87. The SMILES string of the molecule is CCC(C)(NC(=O)NC1(C(=O)O)CCC1)C(N)=O. The molecule has 7 heteroatoms. The Morgan fingerprint density at radius 2 is 1.94 bits per heavy atom. The number of rotatable bonds is 5. The van der Waals surface area contributed by atoms with E-state index in [4.69, 9.17) is 10.8 Å². The minimum atomic E-state index is -1.20. The van der Waals surface area contributed by atoms with Crippen LogP contribution < -0.4 is 16.4 Å². The van der Waals surface area contributed by atoms with Gasteiger partial charge in [-0.3, -0.25) is 4.79 Å². The van der Waals surface area contributed by atoms with Gasteiger partial charge in [0, 0.05) is 0 Å². The Kier molecular flexibility index (Phi) is 3.83. The molecule has 1 aliphatic carbocycles. The van der Waals surface area contributed by atoms with E-state index in [0.29, 0.717) is 19.3 Å². The van der Waals surface area contributed by atoms with Crippen molar-refractivity contribution >= 4 is 17.9 Å². The van der Waals surface area contributed by atoms with E-state index in [0.717, 1.165) is 6.42 Å². The summed E-state index contributed by atoms with van der Waals surface area (Å²) in [5.41, 5.74) is 2.83. The third kappa shape index (κ3) is 2.55. The summed E-state index contributed by atoms with van der Waals surface area (Å²) in [7, 11) is 0. The van der Waals surface area contributed by atoms with E-state index < -0.39 is 29.0 Å². The number of carbonyl (C=O) groups is 3. The highest BCUT2D eigenvalue weighted by molar-refractivity contribution is 5.92. The van der Waals surface area contributed by atoms with Gasteiger partial charge in [-0.25, -0.2) is 9.59 Å². The number of carboxylic acid groups (broad SMARTS) is 1. The Bertz CT molecular complexity index is 353. The number of nitrogens with two attached hydrogens (primary N) is 1. The number of primary amides is 1. The predicted molar refractivity (Wildman–Crippen MR) is 63.8 cm³/mol. The van der Waals surface area contributed by atoms with Gasteiger partial charge in [-0.05, 0) is 32.6 Å². The first kappa shape index (κ1) is 14.3. The predicted octanol–water partition coefficient (Wildman–Crippen LogP) is -0.0531. The van der Waals surface area contributed by atoms with Gasteiger partial charge < -0.3 is 21.5 Å². The van der Waals surface area contributed by atoms with Crippen LogP contribution in [0.15, 0.2) is 0 Å². The van der Waals surface area contributed by atoms with Crippen molar-refractivity contribution in [2.45, 2.75) is 50.6 Å². The Morgan fingerprint density at radius 3 is 2.22 bits per heavy atom. The second-order valence-electron chi connectivity index (χ2n) is 4.87. The number of hydrogen-bond acceptors (Lipinski definition) is 3. The van der Waals surface area contributed by atoms with Gasteiger partial charge in [0.15, 0.2) is 0 Å². The van der Waals surface area contributed by atoms with Crippen LogP contribution in [0.3, 0.4) is 0 Å². The van der Waals surface area contributed by atoms with Gasteiger partial charge in [0.05, 0.1) is 0 Å². The molecule has 0 saturated heterocycles. The van der Waals surface area contributed by atoms with Crippen molar-refractivity contribution in [2.75, 3.05) is 0 Å². The molecule has 1 fully saturated rings. The molecule has 102 valence electrons. The Balaban J connectivity index is 2.67. The van der Waals surface area contributed by atoms with E-state index in [1.165, 1.54) is 6.92 Å². The lowest BCUT2D eigenvalue weighted by molar-refractivity contribution is -0.148. The van der Waals surface area contributed by atoms with E-state index in [1.54, 1.807) is 6.92 Å². The molecule has 7 nitrogen and oxygen atoms in total. The molecule has 1 saturated carbocycles. The summed E-state index contributed by atoms with van der Waals surface area (Å²) in [4.78, 5) is 34.0. The highest BCUT2D eigenvalue weighted by atomic mass is 16.4. The molecular formula is C11H19N3O4. The van der Waals surface area contributed by atoms with Gasteiger partial charge in [0.25, 0.3) is 0 Å². The van der Waals surface area contributed by atoms with Gasteiger partial charge in [-0.1, -0.05) is 6.92 Å². The molecule has 1 rings (SSSR count). The molecule has 0 aromatic heterocycles. The van der Waals surface area contributed by atoms with E-state index in [2.05, 4.69) is 10.6 Å². The lowest BCUT2D eigenvalue weighted by Gasteiger charge is -2.39. The first-order chi connectivity index (χ1) is 8.26. The fourth-order valence-electron chi connectivity index (χ4n) is 1.75. The van der Waals surface area contributed by atoms with Crippen molar-refractivity contribution in [3.8, 4) is 0 Å². The maximum atomic E-state index is 11.7. The van der Waals surface area contributed by atoms with Gasteiger partial charge in [-0.15, -0.1) is 0 Å². The van der Waals surface area contributed by atoms with Crippen LogP contribution in [-0.2, 0) is 9.59 Å². The van der Waals surface area contributed by atoms with Crippen LogP contribution in [0.25, 0.3) is 0 Å². The van der Waals surface area contributed by atoms with Crippen LogP contribution in [-0.4, -0.2) is 34.1 Å². The summed E-state index contributed by atoms with van der Waals surface area (Å²) in [5.74, 6) is -1.71. The smallest absolute Gasteiger partial charge is 0.329 e. The average Bonchev–Trinajstić information content (AvgIpc) is 2.22. The molecule has 0 radical (unpaired) electrons. The lowest BCUT2D eigenvalue weighted by atomic mass is 9.77. The summed E-state index contributed by atoms with van der Waals surface area (Å²) >= 11 is 0. The number of carboxylic acids is 1. The number of hydrogen-bond donors (Lipinski definition) is 4. The maximum Gasteiger partial charge on any atom is 0.329 e. The van der Waals surface area contributed by atoms with Crippen LogP contribution in [0.2, 0.25) is 0 Å². The van der Waals surface area contributed by atoms with Crippen LogP contribution in [0.4, 0.5) is 4.79 Å². The summed E-state index contributed by atoms with van der Waals surface area (Å²) in [5, 5.41) is 13.9. The molecule has 0 aliphatic heterocycles. The van der Waals surface area contributed by atoms with E-state index in [-0.39, 0.29) is 0 Å². The first-order valence-electron chi connectivity index (χ1n) is 5.89. The Labute approximate surface area is 105 Å². The number of aliphatic carboxylic acids is 1. The minimum absolute atomic E-state index is 0.329. The summed E-state index contributed by atoms with van der Waals surface area (Å²) in [6.45, 7) is 3.21. The van der Waals surface area contributed by atoms with Crippen LogP contribution >= 0.6 is 0 Å². The van der Waals surface area contributed by atoms with E-state index >= 15 is 0 Å². The molecule has 0 aromatic rings. The topological polar surface area (TPSA) is 122 Å². The number of carbonyl (C=O) groups excluding carboxylic acids is 2. The van der Waals surface area contributed by atoms with Gasteiger partial charge >= 0.3 is 12.0 Å². The third-order valence-corrected chi connectivity index (χ3v) is 3.61. The molecule has 0 heterocycles. The van der Waals surface area contributed by atoms with Crippen molar-refractivity contribution in [1.82, 2.24) is 10.6 Å². The zero-order chi connectivity index (χ0) is 14.0. The zero-order valence-corrected chi connectivity index (χ0v) is 10.6. The molecular weight excluding hydrogens is 238 g/mol. The zero-order valence-electron chi connectivity index (χ0n) is 10.6. The van der Waals surface area contributed by atoms with Crippen LogP contribution in [0.5, 0.6) is 0 Å². The highest BCUT2D eigenvalue weighted by Gasteiger charge is 2.46. The van der Waals surface area contributed by atoms with Crippen molar-refractivity contribution in [3.63, 3.8) is 0 Å². The Morgan fingerprint density at radius 1 is 1.39 bits per heavy atom. The maximum absolute atomic E-state index is 11.7. The summed E-state index contributed by atoms with van der Waals surface area (Å²) in [6, 6.07) is -0.680. The molecule has 0 aromatic carbocycles. The average molecular weight is 257 g/mol. The fourth-order valence-corrected chi connectivity index (χ4v) is 1.75. The number of urea groups is 1. The molecule has 3 amide bonds. The number of nitrogens with one attached hydrogen (secondary N) is 2. The Hall–Kier alpha value is -1.79. The minimum Gasteiger partial charge on any atom is -0.480 e. The summed E-state index contributed by atoms with van der Waals surface area (Å²) < 4.78 is 0. The molecule has 0 spiro atoms. The molecule has 0 bridgehead atoms. The second kappa shape index (κ2) is 4.83. The van der Waals surface area contributed by atoms with Gasteiger partial charge in [-0.2, -0.15) is 0 Å². The summed E-state index contributed by atoms with van der Waals surface area (Å²) in [6.07, 6.45) is 1.88. The quantitative estimate of drug-likeness (QED) is 0.551.